The molecule has 5 heteroatoms. The summed E-state index contributed by atoms with van der Waals surface area (Å²) in [6.07, 6.45) is 0. The Kier molecular flexibility index (Phi) is 3.02. The molecule has 1 aromatic heterocycles. The second kappa shape index (κ2) is 4.08. The van der Waals surface area contributed by atoms with Gasteiger partial charge in [-0.25, -0.2) is 0 Å². The van der Waals surface area contributed by atoms with E-state index in [1.807, 2.05) is 45.9 Å². The number of pyridine rings is 1. The van der Waals surface area contributed by atoms with E-state index >= 15 is 0 Å². The maximum atomic E-state index is 5.92. The Balaban J connectivity index is 2.25. The van der Waals surface area contributed by atoms with Gasteiger partial charge in [0.2, 0.25) is 0 Å². The second-order valence-corrected chi connectivity index (χ2v) is 5.35. The first-order valence-electron chi connectivity index (χ1n) is 5.87. The molecule has 2 heterocycles. The Morgan fingerprint density at radius 3 is 2.29 bits per heavy atom. The van der Waals surface area contributed by atoms with Gasteiger partial charge in [0.05, 0.1) is 22.5 Å². The zero-order valence-electron chi connectivity index (χ0n) is 10.9. The van der Waals surface area contributed by atoms with E-state index in [0.717, 1.165) is 11.3 Å². The zero-order valence-corrected chi connectivity index (χ0v) is 10.9. The molecule has 0 saturated carbocycles. The van der Waals surface area contributed by atoms with Crippen molar-refractivity contribution in [1.29, 1.82) is 0 Å². The highest BCUT2D eigenvalue weighted by Crippen LogP contribution is 2.36. The summed E-state index contributed by atoms with van der Waals surface area (Å²) in [6, 6.07) is 5.73. The van der Waals surface area contributed by atoms with Gasteiger partial charge in [-0.2, -0.15) is 0 Å². The first-order valence-corrected chi connectivity index (χ1v) is 5.87. The molecule has 0 bridgehead atoms. The van der Waals surface area contributed by atoms with E-state index in [9.17, 15) is 0 Å². The number of aromatic nitrogens is 1. The maximum Gasteiger partial charge on any atom is 0.514 e. The van der Waals surface area contributed by atoms with Gasteiger partial charge in [0.25, 0.3) is 0 Å². The third kappa shape index (κ3) is 2.23. The largest absolute Gasteiger partial charge is 0.514 e. The monoisotopic (exact) mass is 234 g/mol. The molecule has 0 atom stereocenters. The molecule has 17 heavy (non-hydrogen) atoms. The van der Waals surface area contributed by atoms with Crippen LogP contribution >= 0.6 is 0 Å². The van der Waals surface area contributed by atoms with Gasteiger partial charge in [0.1, 0.15) is 0 Å². The fourth-order valence-corrected chi connectivity index (χ4v) is 1.71. The van der Waals surface area contributed by atoms with Gasteiger partial charge in [-0.15, -0.1) is 0 Å². The van der Waals surface area contributed by atoms with Gasteiger partial charge >= 0.3 is 7.12 Å². The topological polar surface area (TPSA) is 57.4 Å². The molecule has 0 unspecified atom stereocenters. The molecule has 0 spiro atoms. The van der Waals surface area contributed by atoms with Crippen molar-refractivity contribution >= 4 is 12.7 Å². The van der Waals surface area contributed by atoms with Crippen LogP contribution in [-0.4, -0.2) is 23.3 Å². The minimum Gasteiger partial charge on any atom is -0.398 e. The fraction of sp³-hybridized carbons (Fsp3) is 0.583. The van der Waals surface area contributed by atoms with Crippen LogP contribution in [-0.2, 0) is 15.9 Å². The Hall–Kier alpha value is -0.905. The van der Waals surface area contributed by atoms with Crippen LogP contribution in [0.4, 0.5) is 0 Å². The average molecular weight is 234 g/mol. The number of hydrogen-bond acceptors (Lipinski definition) is 4. The lowest BCUT2D eigenvalue weighted by Crippen LogP contribution is -2.41. The van der Waals surface area contributed by atoms with Crippen LogP contribution in [0.15, 0.2) is 18.2 Å². The molecular weight excluding hydrogens is 215 g/mol. The van der Waals surface area contributed by atoms with E-state index < -0.39 is 7.12 Å². The molecule has 1 aromatic rings. The summed E-state index contributed by atoms with van der Waals surface area (Å²) in [5, 5.41) is 0. The van der Waals surface area contributed by atoms with E-state index in [1.54, 1.807) is 0 Å². The third-order valence-corrected chi connectivity index (χ3v) is 3.53. The highest BCUT2D eigenvalue weighted by atomic mass is 16.7. The Morgan fingerprint density at radius 1 is 1.18 bits per heavy atom. The van der Waals surface area contributed by atoms with Gasteiger partial charge in [-0.3, -0.25) is 4.98 Å². The normalized spacial score (nSPS) is 21.8. The molecule has 2 N–H and O–H groups in total. The van der Waals surface area contributed by atoms with Gasteiger partial charge in [0, 0.05) is 6.54 Å². The van der Waals surface area contributed by atoms with E-state index in [1.165, 1.54) is 0 Å². The lowest BCUT2D eigenvalue weighted by molar-refractivity contribution is 0.00578. The predicted octanol–water partition coefficient (Wildman–Crippen LogP) is 0.840. The quantitative estimate of drug-likeness (QED) is 0.770. The van der Waals surface area contributed by atoms with E-state index in [0.29, 0.717) is 6.54 Å². The van der Waals surface area contributed by atoms with Gasteiger partial charge in [-0.05, 0) is 39.8 Å². The summed E-state index contributed by atoms with van der Waals surface area (Å²) in [5.41, 5.74) is 6.54. The molecule has 0 aliphatic carbocycles. The first kappa shape index (κ1) is 12.5. The summed E-state index contributed by atoms with van der Waals surface area (Å²) >= 11 is 0. The maximum absolute atomic E-state index is 5.92. The number of nitrogens with zero attached hydrogens (tertiary/aromatic N) is 1. The van der Waals surface area contributed by atoms with Crippen LogP contribution < -0.4 is 11.3 Å². The minimum absolute atomic E-state index is 0.335. The molecule has 1 aliphatic rings. The van der Waals surface area contributed by atoms with Crippen molar-refractivity contribution in [3.05, 3.63) is 23.9 Å². The van der Waals surface area contributed by atoms with Crippen LogP contribution in [0.25, 0.3) is 0 Å². The second-order valence-electron chi connectivity index (χ2n) is 5.35. The smallest absolute Gasteiger partial charge is 0.398 e. The fourth-order valence-electron chi connectivity index (χ4n) is 1.71. The van der Waals surface area contributed by atoms with Crippen LogP contribution in [0.1, 0.15) is 33.4 Å². The number of rotatable bonds is 2. The Bertz CT molecular complexity index is 405. The number of nitrogens with two attached hydrogens (primary N) is 1. The molecule has 0 amide bonds. The Morgan fingerprint density at radius 2 is 1.76 bits per heavy atom. The summed E-state index contributed by atoms with van der Waals surface area (Å²) in [4.78, 5) is 4.43. The molecule has 2 rings (SSSR count). The van der Waals surface area contributed by atoms with Crippen molar-refractivity contribution in [2.24, 2.45) is 5.73 Å². The van der Waals surface area contributed by atoms with Crippen molar-refractivity contribution in [2.45, 2.75) is 45.4 Å². The molecule has 0 aromatic carbocycles. The van der Waals surface area contributed by atoms with Crippen molar-refractivity contribution in [3.63, 3.8) is 0 Å². The summed E-state index contributed by atoms with van der Waals surface area (Å²) in [6.45, 7) is 8.53. The van der Waals surface area contributed by atoms with Crippen molar-refractivity contribution in [2.75, 3.05) is 0 Å². The first-order chi connectivity index (χ1) is 7.86. The Labute approximate surface area is 103 Å². The van der Waals surface area contributed by atoms with Crippen molar-refractivity contribution < 1.29 is 9.31 Å². The molecule has 92 valence electrons. The SMILES string of the molecule is CC1(C)OB(c2cccc(CN)n2)OC1(C)C. The molecule has 1 aliphatic heterocycles. The molecule has 1 fully saturated rings. The summed E-state index contributed by atoms with van der Waals surface area (Å²) in [7, 11) is -0.411. The highest BCUT2D eigenvalue weighted by Gasteiger charge is 2.52. The van der Waals surface area contributed by atoms with Gasteiger partial charge in [-0.1, -0.05) is 6.07 Å². The molecule has 0 radical (unpaired) electrons. The van der Waals surface area contributed by atoms with Gasteiger partial charge in [0.15, 0.2) is 0 Å². The predicted molar refractivity (Wildman–Crippen MR) is 67.8 cm³/mol. The minimum atomic E-state index is -0.411. The average Bonchev–Trinajstić information content (AvgIpc) is 2.48. The molecule has 1 saturated heterocycles. The standard InChI is InChI=1S/C12H19BN2O2/c1-11(2)12(3,4)17-13(16-11)10-7-5-6-9(8-14)15-10/h5-7H,8,14H2,1-4H3. The van der Waals surface area contributed by atoms with E-state index in [4.69, 9.17) is 15.0 Å². The van der Waals surface area contributed by atoms with Crippen LogP contribution in [0.2, 0.25) is 0 Å². The van der Waals surface area contributed by atoms with E-state index in [-0.39, 0.29) is 11.2 Å². The zero-order chi connectivity index (χ0) is 12.7. The van der Waals surface area contributed by atoms with Crippen LogP contribution in [0.3, 0.4) is 0 Å². The van der Waals surface area contributed by atoms with Crippen molar-refractivity contribution in [1.82, 2.24) is 4.98 Å². The summed E-state index contributed by atoms with van der Waals surface area (Å²) < 4.78 is 11.8. The number of hydrogen-bond donors (Lipinski definition) is 1. The van der Waals surface area contributed by atoms with Crippen molar-refractivity contribution in [3.8, 4) is 0 Å². The van der Waals surface area contributed by atoms with Gasteiger partial charge < -0.3 is 15.0 Å². The third-order valence-electron chi connectivity index (χ3n) is 3.53. The summed E-state index contributed by atoms with van der Waals surface area (Å²) in [5.74, 6) is 0. The lowest BCUT2D eigenvalue weighted by atomic mass is 9.84. The van der Waals surface area contributed by atoms with E-state index in [2.05, 4.69) is 4.98 Å². The van der Waals surface area contributed by atoms with Crippen LogP contribution in [0.5, 0.6) is 0 Å². The lowest BCUT2D eigenvalue weighted by Gasteiger charge is -2.32. The highest BCUT2D eigenvalue weighted by molar-refractivity contribution is 6.61. The van der Waals surface area contributed by atoms with Crippen LogP contribution in [0, 0.1) is 0 Å². The molecule has 4 nitrogen and oxygen atoms in total. The molecular formula is C12H19BN2O2.